The maximum Gasteiger partial charge on any atom is 0.260 e. The molecule has 0 saturated carbocycles. The highest BCUT2D eigenvalue weighted by molar-refractivity contribution is 5.80. The van der Waals surface area contributed by atoms with E-state index in [2.05, 4.69) is 43.1 Å². The molecule has 1 saturated heterocycles. The van der Waals surface area contributed by atoms with Crippen molar-refractivity contribution in [1.29, 1.82) is 0 Å². The minimum Gasteiger partial charge on any atom is -0.481 e. The summed E-state index contributed by atoms with van der Waals surface area (Å²) in [6, 6.07) is 6.95. The molecular weight excluding hydrogens is 336 g/mol. The van der Waals surface area contributed by atoms with Crippen LogP contribution in [-0.2, 0) is 4.79 Å². The van der Waals surface area contributed by atoms with E-state index in [0.717, 1.165) is 35.9 Å². The van der Waals surface area contributed by atoms with E-state index in [-0.39, 0.29) is 5.91 Å². The lowest BCUT2D eigenvalue weighted by molar-refractivity contribution is -0.127. The molecule has 1 aliphatic heterocycles. The van der Waals surface area contributed by atoms with Crippen molar-refractivity contribution in [3.63, 3.8) is 0 Å². The first-order valence-corrected chi connectivity index (χ1v) is 10.7. The second-order valence-electron chi connectivity index (χ2n) is 8.19. The van der Waals surface area contributed by atoms with Gasteiger partial charge in [0.1, 0.15) is 5.75 Å². The van der Waals surface area contributed by atoms with Crippen molar-refractivity contribution in [3.8, 4) is 5.75 Å². The fourth-order valence-corrected chi connectivity index (χ4v) is 3.92. The molecule has 4 nitrogen and oxygen atoms in total. The monoisotopic (exact) mass is 374 g/mol. The van der Waals surface area contributed by atoms with Crippen molar-refractivity contribution in [2.24, 2.45) is 0 Å². The summed E-state index contributed by atoms with van der Waals surface area (Å²) in [6.45, 7) is 13.4. The Hall–Kier alpha value is -1.55. The minimum absolute atomic E-state index is 0.0307. The molecule has 1 N–H and O–H groups in total. The average molecular weight is 375 g/mol. The highest BCUT2D eigenvalue weighted by Crippen LogP contribution is 2.28. The number of piperidine rings is 1. The molecule has 1 aromatic carbocycles. The summed E-state index contributed by atoms with van der Waals surface area (Å²) < 4.78 is 6.01. The van der Waals surface area contributed by atoms with Crippen molar-refractivity contribution in [2.45, 2.75) is 84.8 Å². The predicted molar refractivity (Wildman–Crippen MR) is 112 cm³/mol. The Labute approximate surface area is 165 Å². The molecule has 1 fully saturated rings. The number of ether oxygens (including phenoxy) is 1. The van der Waals surface area contributed by atoms with E-state index < -0.39 is 6.10 Å². The van der Waals surface area contributed by atoms with Gasteiger partial charge in [-0.3, -0.25) is 4.79 Å². The van der Waals surface area contributed by atoms with Crippen LogP contribution in [0.3, 0.4) is 0 Å². The number of hydrogen-bond acceptors (Lipinski definition) is 3. The van der Waals surface area contributed by atoms with Crippen LogP contribution in [0.2, 0.25) is 0 Å². The first kappa shape index (κ1) is 21.7. The number of rotatable bonds is 9. The van der Waals surface area contributed by atoms with Gasteiger partial charge in [0.25, 0.3) is 5.91 Å². The van der Waals surface area contributed by atoms with E-state index in [1.54, 1.807) is 0 Å². The molecule has 0 aliphatic carbocycles. The quantitative estimate of drug-likeness (QED) is 0.639. The van der Waals surface area contributed by atoms with E-state index in [4.69, 9.17) is 4.74 Å². The standard InChI is InChI=1S/C23H38N2O2/c1-6-20-10-7-8-14-25(20)15-9-13-24-23(26)19(5)27-22-16-18(4)11-12-21(22)17(2)3/h11-12,16-17,19-20H,6-10,13-15H2,1-5H3,(H,24,26)/t19-,20+/m0/s1. The summed E-state index contributed by atoms with van der Waals surface area (Å²) >= 11 is 0. The van der Waals surface area contributed by atoms with Crippen LogP contribution >= 0.6 is 0 Å². The largest absolute Gasteiger partial charge is 0.481 e. The SMILES string of the molecule is CC[C@@H]1CCCCN1CCCNC(=O)[C@H](C)Oc1cc(C)ccc1C(C)C. The lowest BCUT2D eigenvalue weighted by atomic mass is 10.00. The Morgan fingerprint density at radius 1 is 1.30 bits per heavy atom. The third-order valence-corrected chi connectivity index (χ3v) is 5.61. The molecule has 152 valence electrons. The normalized spacial score (nSPS) is 19.1. The maximum absolute atomic E-state index is 12.4. The maximum atomic E-state index is 12.4. The van der Waals surface area contributed by atoms with Crippen LogP contribution in [0.1, 0.15) is 76.8 Å². The zero-order valence-corrected chi connectivity index (χ0v) is 17.9. The van der Waals surface area contributed by atoms with Gasteiger partial charge in [-0.2, -0.15) is 0 Å². The van der Waals surface area contributed by atoms with Crippen LogP contribution < -0.4 is 10.1 Å². The predicted octanol–water partition coefficient (Wildman–Crippen LogP) is 4.66. The summed E-state index contributed by atoms with van der Waals surface area (Å²) in [7, 11) is 0. The Kier molecular flexibility index (Phi) is 8.62. The van der Waals surface area contributed by atoms with Crippen molar-refractivity contribution >= 4 is 5.91 Å². The van der Waals surface area contributed by atoms with Gasteiger partial charge in [-0.15, -0.1) is 0 Å². The number of nitrogens with zero attached hydrogens (tertiary/aromatic N) is 1. The van der Waals surface area contributed by atoms with Crippen molar-refractivity contribution < 1.29 is 9.53 Å². The summed E-state index contributed by atoms with van der Waals surface area (Å²) in [5.41, 5.74) is 2.30. The Morgan fingerprint density at radius 2 is 2.07 bits per heavy atom. The van der Waals surface area contributed by atoms with Gasteiger partial charge >= 0.3 is 0 Å². The third-order valence-electron chi connectivity index (χ3n) is 5.61. The molecular formula is C23H38N2O2. The van der Waals surface area contributed by atoms with Gasteiger partial charge in [-0.05, 0) is 69.2 Å². The molecule has 0 spiro atoms. The number of benzene rings is 1. The molecule has 1 heterocycles. The van der Waals surface area contributed by atoms with Crippen LogP contribution in [-0.4, -0.2) is 42.6 Å². The highest BCUT2D eigenvalue weighted by Gasteiger charge is 2.21. The van der Waals surface area contributed by atoms with Crippen LogP contribution in [0.4, 0.5) is 0 Å². The number of amides is 1. The van der Waals surface area contributed by atoms with Crippen LogP contribution in [0.25, 0.3) is 0 Å². The topological polar surface area (TPSA) is 41.6 Å². The summed E-state index contributed by atoms with van der Waals surface area (Å²) in [5, 5.41) is 3.05. The molecule has 1 amide bonds. The van der Waals surface area contributed by atoms with E-state index >= 15 is 0 Å². The third kappa shape index (κ3) is 6.53. The van der Waals surface area contributed by atoms with Gasteiger partial charge in [0.2, 0.25) is 0 Å². The molecule has 4 heteroatoms. The van der Waals surface area contributed by atoms with Crippen molar-refractivity contribution in [1.82, 2.24) is 10.2 Å². The van der Waals surface area contributed by atoms with Gasteiger partial charge in [0.15, 0.2) is 6.10 Å². The van der Waals surface area contributed by atoms with Gasteiger partial charge in [-0.1, -0.05) is 39.3 Å². The Bertz CT molecular complexity index is 600. The molecule has 0 aromatic heterocycles. The van der Waals surface area contributed by atoms with Crippen LogP contribution in [0.5, 0.6) is 5.75 Å². The highest BCUT2D eigenvalue weighted by atomic mass is 16.5. The second kappa shape index (κ2) is 10.7. The van der Waals surface area contributed by atoms with Crippen LogP contribution in [0.15, 0.2) is 18.2 Å². The molecule has 2 atom stereocenters. The molecule has 27 heavy (non-hydrogen) atoms. The summed E-state index contributed by atoms with van der Waals surface area (Å²) in [6.07, 6.45) is 5.73. The van der Waals surface area contributed by atoms with E-state index in [1.165, 1.54) is 32.2 Å². The summed E-state index contributed by atoms with van der Waals surface area (Å²) in [4.78, 5) is 15.0. The smallest absolute Gasteiger partial charge is 0.260 e. The van der Waals surface area contributed by atoms with E-state index in [1.807, 2.05) is 19.9 Å². The van der Waals surface area contributed by atoms with E-state index in [0.29, 0.717) is 12.5 Å². The van der Waals surface area contributed by atoms with Gasteiger partial charge in [0.05, 0.1) is 0 Å². The number of aryl methyl sites for hydroxylation is 1. The van der Waals surface area contributed by atoms with E-state index in [9.17, 15) is 4.79 Å². The summed E-state index contributed by atoms with van der Waals surface area (Å²) in [5.74, 6) is 1.16. The molecule has 0 unspecified atom stereocenters. The molecule has 1 aliphatic rings. The first-order chi connectivity index (χ1) is 12.9. The number of carbonyl (C=O) groups excluding carboxylic acids is 1. The number of likely N-dealkylation sites (tertiary alicyclic amines) is 1. The average Bonchev–Trinajstić information content (AvgIpc) is 2.65. The molecule has 0 radical (unpaired) electrons. The van der Waals surface area contributed by atoms with Gasteiger partial charge in [0, 0.05) is 19.1 Å². The van der Waals surface area contributed by atoms with Gasteiger partial charge < -0.3 is 15.0 Å². The zero-order chi connectivity index (χ0) is 19.8. The van der Waals surface area contributed by atoms with Crippen LogP contribution in [0, 0.1) is 6.92 Å². The van der Waals surface area contributed by atoms with Crippen molar-refractivity contribution in [2.75, 3.05) is 19.6 Å². The zero-order valence-electron chi connectivity index (χ0n) is 17.9. The lowest BCUT2D eigenvalue weighted by Crippen LogP contribution is -2.41. The number of carbonyl (C=O) groups is 1. The first-order valence-electron chi connectivity index (χ1n) is 10.7. The number of hydrogen-bond donors (Lipinski definition) is 1. The molecule has 2 rings (SSSR count). The molecule has 1 aromatic rings. The van der Waals surface area contributed by atoms with Gasteiger partial charge in [-0.25, -0.2) is 0 Å². The fraction of sp³-hybridized carbons (Fsp3) is 0.696. The number of nitrogens with one attached hydrogen (secondary N) is 1. The second-order valence-corrected chi connectivity index (χ2v) is 8.19. The minimum atomic E-state index is -0.484. The Balaban J connectivity index is 1.78. The Morgan fingerprint density at radius 3 is 2.78 bits per heavy atom. The lowest BCUT2D eigenvalue weighted by Gasteiger charge is -2.35. The molecule has 0 bridgehead atoms. The van der Waals surface area contributed by atoms with Crippen molar-refractivity contribution in [3.05, 3.63) is 29.3 Å². The fourth-order valence-electron chi connectivity index (χ4n) is 3.92.